The maximum atomic E-state index is 2.45. The van der Waals surface area contributed by atoms with Gasteiger partial charge in [-0.1, -0.05) is 62.6 Å². The van der Waals surface area contributed by atoms with Crippen molar-refractivity contribution in [3.63, 3.8) is 0 Å². The molecule has 1 heteroatoms. The Labute approximate surface area is 123 Å². The molecule has 0 fully saturated rings. The third-order valence-electron chi connectivity index (χ3n) is 3.73. The molecular weight excluding hydrogens is 242 g/mol. The first kappa shape index (κ1) is 14.6. The molecule has 1 atom stereocenters. The van der Waals surface area contributed by atoms with E-state index < -0.39 is 0 Å². The van der Waals surface area contributed by atoms with Gasteiger partial charge in [-0.15, -0.1) is 0 Å². The van der Waals surface area contributed by atoms with Crippen molar-refractivity contribution in [1.29, 1.82) is 0 Å². The minimum atomic E-state index is 0.520. The van der Waals surface area contributed by atoms with Gasteiger partial charge in [0.25, 0.3) is 0 Å². The molecule has 0 aliphatic carbocycles. The summed E-state index contributed by atoms with van der Waals surface area (Å²) >= 11 is 0. The lowest BCUT2D eigenvalue weighted by atomic mass is 10.1. The molecule has 0 aromatic heterocycles. The zero-order chi connectivity index (χ0) is 14.2. The van der Waals surface area contributed by atoms with E-state index in [0.717, 1.165) is 0 Å². The van der Waals surface area contributed by atoms with E-state index in [4.69, 9.17) is 0 Å². The summed E-state index contributed by atoms with van der Waals surface area (Å²) in [6.07, 6.45) is 5.14. The third-order valence-corrected chi connectivity index (χ3v) is 3.73. The minimum Gasteiger partial charge on any atom is -0.339 e. The van der Waals surface area contributed by atoms with Crippen molar-refractivity contribution < 1.29 is 0 Å². The lowest BCUT2D eigenvalue weighted by molar-refractivity contribution is 0.581. The van der Waals surface area contributed by atoms with E-state index in [9.17, 15) is 0 Å². The third kappa shape index (κ3) is 3.86. The molecule has 0 aliphatic rings. The van der Waals surface area contributed by atoms with Gasteiger partial charge in [0.2, 0.25) is 0 Å². The molecule has 0 bridgehead atoms. The Hall–Kier alpha value is -1.76. The quantitative estimate of drug-likeness (QED) is 0.574. The second-order valence-corrected chi connectivity index (χ2v) is 5.39. The van der Waals surface area contributed by atoms with Crippen molar-refractivity contribution in [2.45, 2.75) is 45.6 Å². The van der Waals surface area contributed by atoms with Crippen LogP contribution in [0.1, 0.15) is 39.5 Å². The van der Waals surface area contributed by atoms with Crippen LogP contribution in [0.15, 0.2) is 60.7 Å². The van der Waals surface area contributed by atoms with E-state index in [0.29, 0.717) is 6.04 Å². The fourth-order valence-electron chi connectivity index (χ4n) is 2.65. The van der Waals surface area contributed by atoms with Gasteiger partial charge in [0.1, 0.15) is 0 Å². The summed E-state index contributed by atoms with van der Waals surface area (Å²) in [7, 11) is 0. The molecule has 20 heavy (non-hydrogen) atoms. The van der Waals surface area contributed by atoms with E-state index in [-0.39, 0.29) is 0 Å². The smallest absolute Gasteiger partial charge is 0.0413 e. The molecule has 2 rings (SSSR count). The maximum absolute atomic E-state index is 2.45. The molecule has 2 aromatic carbocycles. The normalized spacial score (nSPS) is 12.1. The van der Waals surface area contributed by atoms with Crippen LogP contribution in [0, 0.1) is 0 Å². The summed E-state index contributed by atoms with van der Waals surface area (Å²) in [5.41, 5.74) is 2.56. The first-order valence-electron chi connectivity index (χ1n) is 7.72. The summed E-state index contributed by atoms with van der Waals surface area (Å²) in [6, 6.07) is 21.9. The van der Waals surface area contributed by atoms with Crippen molar-refractivity contribution in [1.82, 2.24) is 0 Å². The van der Waals surface area contributed by atoms with E-state index >= 15 is 0 Å². The summed E-state index contributed by atoms with van der Waals surface area (Å²) < 4.78 is 0. The summed E-state index contributed by atoms with van der Waals surface area (Å²) in [6.45, 7) is 4.59. The number of anilines is 2. The van der Waals surface area contributed by atoms with Gasteiger partial charge in [-0.25, -0.2) is 0 Å². The zero-order valence-electron chi connectivity index (χ0n) is 12.6. The summed E-state index contributed by atoms with van der Waals surface area (Å²) in [4.78, 5) is 2.45. The average molecular weight is 267 g/mol. The highest BCUT2D eigenvalue weighted by Crippen LogP contribution is 2.29. The Bertz CT molecular complexity index is 438. The zero-order valence-corrected chi connectivity index (χ0v) is 12.6. The molecule has 2 aromatic rings. The van der Waals surface area contributed by atoms with Crippen LogP contribution < -0.4 is 4.90 Å². The van der Waals surface area contributed by atoms with E-state index in [1.807, 2.05) is 0 Å². The minimum absolute atomic E-state index is 0.520. The first-order valence-corrected chi connectivity index (χ1v) is 7.72. The molecular formula is C19H25N. The Kier molecular flexibility index (Phi) is 5.67. The summed E-state index contributed by atoms with van der Waals surface area (Å²) in [5.74, 6) is 0. The van der Waals surface area contributed by atoms with Gasteiger partial charge in [-0.2, -0.15) is 0 Å². The van der Waals surface area contributed by atoms with Crippen LogP contribution in [0.25, 0.3) is 0 Å². The van der Waals surface area contributed by atoms with E-state index in [1.165, 1.54) is 37.1 Å². The topological polar surface area (TPSA) is 3.24 Å². The fourth-order valence-corrected chi connectivity index (χ4v) is 2.65. The standard InChI is InChI=1S/C19H25N/c1-3-4-7-12-17(2)20(18-13-8-5-9-14-18)19-15-10-6-11-16-19/h5-6,8-11,13-17H,3-4,7,12H2,1-2H3. The highest BCUT2D eigenvalue weighted by Gasteiger charge is 2.15. The van der Waals surface area contributed by atoms with E-state index in [1.54, 1.807) is 0 Å². The van der Waals surface area contributed by atoms with Crippen LogP contribution >= 0.6 is 0 Å². The molecule has 0 aliphatic heterocycles. The van der Waals surface area contributed by atoms with Crippen molar-refractivity contribution >= 4 is 11.4 Å². The van der Waals surface area contributed by atoms with Crippen molar-refractivity contribution in [3.05, 3.63) is 60.7 Å². The number of benzene rings is 2. The largest absolute Gasteiger partial charge is 0.339 e. The van der Waals surface area contributed by atoms with Crippen molar-refractivity contribution in [2.24, 2.45) is 0 Å². The van der Waals surface area contributed by atoms with Gasteiger partial charge in [0.05, 0.1) is 0 Å². The van der Waals surface area contributed by atoms with Crippen LogP contribution in [0.2, 0.25) is 0 Å². The lowest BCUT2D eigenvalue weighted by Gasteiger charge is -2.31. The molecule has 0 N–H and O–H groups in total. The van der Waals surface area contributed by atoms with Crippen LogP contribution in [0.5, 0.6) is 0 Å². The molecule has 1 unspecified atom stereocenters. The molecule has 0 heterocycles. The second-order valence-electron chi connectivity index (χ2n) is 5.39. The molecule has 0 radical (unpaired) electrons. The number of para-hydroxylation sites is 2. The number of hydrogen-bond donors (Lipinski definition) is 0. The fraction of sp³-hybridized carbons (Fsp3) is 0.368. The average Bonchev–Trinajstić information content (AvgIpc) is 2.50. The highest BCUT2D eigenvalue weighted by molar-refractivity contribution is 5.63. The highest BCUT2D eigenvalue weighted by atomic mass is 15.2. The first-order chi connectivity index (χ1) is 9.83. The van der Waals surface area contributed by atoms with Gasteiger partial charge in [0, 0.05) is 17.4 Å². The maximum Gasteiger partial charge on any atom is 0.0413 e. The molecule has 0 amide bonds. The van der Waals surface area contributed by atoms with Gasteiger partial charge in [0.15, 0.2) is 0 Å². The van der Waals surface area contributed by atoms with E-state index in [2.05, 4.69) is 79.4 Å². The molecule has 106 valence electrons. The second kappa shape index (κ2) is 7.74. The number of unbranched alkanes of at least 4 members (excludes halogenated alkanes) is 2. The SMILES string of the molecule is CCCCCC(C)N(c1ccccc1)c1ccccc1. The van der Waals surface area contributed by atoms with Gasteiger partial charge < -0.3 is 4.90 Å². The monoisotopic (exact) mass is 267 g/mol. The Morgan fingerprint density at radius 1 is 0.800 bits per heavy atom. The predicted octanol–water partition coefficient (Wildman–Crippen LogP) is 5.79. The van der Waals surface area contributed by atoms with Gasteiger partial charge in [-0.3, -0.25) is 0 Å². The number of nitrogens with zero attached hydrogens (tertiary/aromatic N) is 1. The number of rotatable bonds is 7. The Morgan fingerprint density at radius 2 is 1.30 bits per heavy atom. The van der Waals surface area contributed by atoms with Crippen LogP contribution in [-0.4, -0.2) is 6.04 Å². The van der Waals surface area contributed by atoms with Gasteiger partial charge in [-0.05, 0) is 37.6 Å². The Balaban J connectivity index is 2.21. The van der Waals surface area contributed by atoms with Crippen LogP contribution in [0.3, 0.4) is 0 Å². The molecule has 0 saturated carbocycles. The van der Waals surface area contributed by atoms with Crippen molar-refractivity contribution in [2.75, 3.05) is 4.90 Å². The molecule has 1 nitrogen and oxygen atoms in total. The van der Waals surface area contributed by atoms with Crippen molar-refractivity contribution in [3.8, 4) is 0 Å². The molecule has 0 spiro atoms. The number of hydrogen-bond acceptors (Lipinski definition) is 1. The van der Waals surface area contributed by atoms with Gasteiger partial charge >= 0.3 is 0 Å². The van der Waals surface area contributed by atoms with Crippen LogP contribution in [0.4, 0.5) is 11.4 Å². The Morgan fingerprint density at radius 3 is 1.75 bits per heavy atom. The lowest BCUT2D eigenvalue weighted by Crippen LogP contribution is -2.28. The predicted molar refractivity (Wildman–Crippen MR) is 88.6 cm³/mol. The van der Waals surface area contributed by atoms with Crippen LogP contribution in [-0.2, 0) is 0 Å². The molecule has 0 saturated heterocycles. The summed E-state index contributed by atoms with van der Waals surface area (Å²) in [5, 5.41) is 0.